The van der Waals surface area contributed by atoms with Gasteiger partial charge < -0.3 is 4.90 Å². The summed E-state index contributed by atoms with van der Waals surface area (Å²) in [5, 5.41) is 0. The van der Waals surface area contributed by atoms with Crippen molar-refractivity contribution < 1.29 is 22.0 Å². The van der Waals surface area contributed by atoms with Gasteiger partial charge in [-0.05, 0) is 61.4 Å². The fourth-order valence-corrected chi connectivity index (χ4v) is 5.26. The van der Waals surface area contributed by atoms with Gasteiger partial charge in [-0.25, -0.2) is 21.9 Å². The Bertz CT molecular complexity index is 1100. The number of carbonyl (C=O) groups is 1. The van der Waals surface area contributed by atoms with Gasteiger partial charge in [0.1, 0.15) is 11.6 Å². The zero-order valence-electron chi connectivity index (χ0n) is 17.4. The monoisotopic (exact) mass is 449 g/mol. The first kappa shape index (κ1) is 21.8. The highest BCUT2D eigenvalue weighted by atomic mass is 32.2. The third-order valence-electron chi connectivity index (χ3n) is 5.92. The van der Waals surface area contributed by atoms with E-state index in [2.05, 4.69) is 9.71 Å². The lowest BCUT2D eigenvalue weighted by Gasteiger charge is -2.33. The van der Waals surface area contributed by atoms with E-state index in [4.69, 9.17) is 0 Å². The molecule has 1 N–H and O–H groups in total. The number of nitrogens with zero attached hydrogens (tertiary/aromatic N) is 2. The quantitative estimate of drug-likeness (QED) is 0.761. The number of rotatable bonds is 5. The van der Waals surface area contributed by atoms with E-state index in [1.807, 2.05) is 0 Å². The first-order chi connectivity index (χ1) is 14.6. The van der Waals surface area contributed by atoms with E-state index in [1.165, 1.54) is 18.2 Å². The van der Waals surface area contributed by atoms with Crippen LogP contribution in [0.1, 0.15) is 36.4 Å². The maximum atomic E-state index is 14.5. The molecule has 0 spiro atoms. The maximum Gasteiger partial charge on any atom is 0.226 e. The van der Waals surface area contributed by atoms with Gasteiger partial charge in [0.05, 0.1) is 11.8 Å². The average molecular weight is 450 g/mol. The lowest BCUT2D eigenvalue weighted by molar-refractivity contribution is -0.133. The van der Waals surface area contributed by atoms with Crippen molar-refractivity contribution in [2.45, 2.75) is 38.1 Å². The SMILES string of the molecule is Cc1cc(-c2c(F)cccc2F)c([C@@H]2C[C@H]2C(=O)N2CCC[C@@H](NS(C)(=O)=O)C2)cn1. The van der Waals surface area contributed by atoms with Crippen molar-refractivity contribution in [3.8, 4) is 11.1 Å². The predicted molar refractivity (Wildman–Crippen MR) is 113 cm³/mol. The molecule has 1 amide bonds. The number of aromatic nitrogens is 1. The van der Waals surface area contributed by atoms with Crippen LogP contribution in [0.3, 0.4) is 0 Å². The van der Waals surface area contributed by atoms with E-state index in [1.54, 1.807) is 24.1 Å². The van der Waals surface area contributed by atoms with E-state index in [0.29, 0.717) is 49.2 Å². The molecule has 31 heavy (non-hydrogen) atoms. The third-order valence-corrected chi connectivity index (χ3v) is 6.69. The second-order valence-corrected chi connectivity index (χ2v) is 10.3. The predicted octanol–water partition coefficient (Wildman–Crippen LogP) is 2.98. The molecular weight excluding hydrogens is 424 g/mol. The van der Waals surface area contributed by atoms with Crippen molar-refractivity contribution in [2.75, 3.05) is 19.3 Å². The zero-order valence-corrected chi connectivity index (χ0v) is 18.3. The van der Waals surface area contributed by atoms with Gasteiger partial charge in [0.2, 0.25) is 15.9 Å². The first-order valence-corrected chi connectivity index (χ1v) is 12.2. The van der Waals surface area contributed by atoms with Crippen LogP contribution in [-0.4, -0.2) is 49.6 Å². The molecule has 3 atom stereocenters. The Morgan fingerprint density at radius 2 is 1.97 bits per heavy atom. The van der Waals surface area contributed by atoms with Gasteiger partial charge >= 0.3 is 0 Å². The Balaban J connectivity index is 1.55. The van der Waals surface area contributed by atoms with Crippen molar-refractivity contribution in [3.63, 3.8) is 0 Å². The van der Waals surface area contributed by atoms with Gasteiger partial charge in [0, 0.05) is 36.9 Å². The number of hydrogen-bond acceptors (Lipinski definition) is 4. The van der Waals surface area contributed by atoms with E-state index >= 15 is 0 Å². The van der Waals surface area contributed by atoms with Gasteiger partial charge in [-0.1, -0.05) is 6.07 Å². The number of pyridine rings is 1. The largest absolute Gasteiger partial charge is 0.341 e. The van der Waals surface area contributed by atoms with Crippen molar-refractivity contribution in [2.24, 2.45) is 5.92 Å². The minimum atomic E-state index is -3.35. The normalized spacial score (nSPS) is 23.6. The minimum absolute atomic E-state index is 0.0504. The van der Waals surface area contributed by atoms with Crippen molar-refractivity contribution >= 4 is 15.9 Å². The molecule has 4 rings (SSSR count). The van der Waals surface area contributed by atoms with E-state index < -0.39 is 21.7 Å². The summed E-state index contributed by atoms with van der Waals surface area (Å²) in [4.78, 5) is 19.1. The van der Waals surface area contributed by atoms with Crippen LogP contribution >= 0.6 is 0 Å². The third kappa shape index (κ3) is 4.77. The average Bonchev–Trinajstić information content (AvgIpc) is 3.47. The second-order valence-electron chi connectivity index (χ2n) is 8.47. The topological polar surface area (TPSA) is 79.4 Å². The molecule has 166 valence electrons. The maximum absolute atomic E-state index is 14.5. The molecule has 9 heteroatoms. The summed E-state index contributed by atoms with van der Waals surface area (Å²) in [6.07, 6.45) is 4.70. The number of carbonyl (C=O) groups excluding carboxylic acids is 1. The van der Waals surface area contributed by atoms with Crippen LogP contribution in [0.2, 0.25) is 0 Å². The van der Waals surface area contributed by atoms with Crippen LogP contribution in [0.4, 0.5) is 8.78 Å². The number of piperidine rings is 1. The van der Waals surface area contributed by atoms with Crippen molar-refractivity contribution in [1.82, 2.24) is 14.6 Å². The molecule has 2 aromatic rings. The van der Waals surface area contributed by atoms with Gasteiger partial charge in [-0.3, -0.25) is 9.78 Å². The molecule has 1 aliphatic heterocycles. The molecule has 1 saturated carbocycles. The lowest BCUT2D eigenvalue weighted by atomic mass is 9.96. The van der Waals surface area contributed by atoms with Gasteiger partial charge in [-0.15, -0.1) is 0 Å². The number of nitrogens with one attached hydrogen (secondary N) is 1. The summed E-state index contributed by atoms with van der Waals surface area (Å²) in [6.45, 7) is 2.66. The molecule has 1 saturated heterocycles. The Kier molecular flexibility index (Phi) is 5.83. The Hall–Kier alpha value is -2.39. The molecule has 0 radical (unpaired) electrons. The number of aryl methyl sites for hydroxylation is 1. The summed E-state index contributed by atoms with van der Waals surface area (Å²) in [5.74, 6) is -1.82. The molecular formula is C22H25F2N3O3S. The Morgan fingerprint density at radius 3 is 2.65 bits per heavy atom. The first-order valence-electron chi connectivity index (χ1n) is 10.3. The number of likely N-dealkylation sites (tertiary alicyclic amines) is 1. The second kappa shape index (κ2) is 8.27. The molecule has 1 aromatic heterocycles. The smallest absolute Gasteiger partial charge is 0.226 e. The number of sulfonamides is 1. The van der Waals surface area contributed by atoms with Crippen LogP contribution in [0, 0.1) is 24.5 Å². The molecule has 0 bridgehead atoms. The van der Waals surface area contributed by atoms with Crippen LogP contribution in [0.25, 0.3) is 11.1 Å². The van der Waals surface area contributed by atoms with Crippen molar-refractivity contribution in [3.05, 3.63) is 53.4 Å². The summed E-state index contributed by atoms with van der Waals surface area (Å²) < 4.78 is 54.6. The number of hydrogen-bond donors (Lipinski definition) is 1. The van der Waals surface area contributed by atoms with Gasteiger partial charge in [-0.2, -0.15) is 0 Å². The highest BCUT2D eigenvalue weighted by Crippen LogP contribution is 2.51. The molecule has 2 fully saturated rings. The zero-order chi connectivity index (χ0) is 22.3. The van der Waals surface area contributed by atoms with Crippen LogP contribution in [-0.2, 0) is 14.8 Å². The standard InChI is InChI=1S/C22H25F2N3O3S/c1-13-9-16(21-19(23)6-3-7-20(21)24)18(11-25-13)15-10-17(15)22(28)27-8-4-5-14(12-27)26-31(2,29)30/h3,6-7,9,11,14-15,17,26H,4-5,8,10,12H2,1-2H3/t14-,15-,17-/m1/s1. The van der Waals surface area contributed by atoms with Gasteiger partial charge in [0.15, 0.2) is 0 Å². The molecule has 2 heterocycles. The van der Waals surface area contributed by atoms with Gasteiger partial charge in [0.25, 0.3) is 0 Å². The summed E-state index contributed by atoms with van der Waals surface area (Å²) in [7, 11) is -3.35. The summed E-state index contributed by atoms with van der Waals surface area (Å²) in [6, 6.07) is 5.12. The summed E-state index contributed by atoms with van der Waals surface area (Å²) >= 11 is 0. The number of amides is 1. The highest BCUT2D eigenvalue weighted by molar-refractivity contribution is 7.88. The van der Waals surface area contributed by atoms with E-state index in [9.17, 15) is 22.0 Å². The van der Waals surface area contributed by atoms with E-state index in [0.717, 1.165) is 6.26 Å². The van der Waals surface area contributed by atoms with Crippen molar-refractivity contribution in [1.29, 1.82) is 0 Å². The summed E-state index contributed by atoms with van der Waals surface area (Å²) in [5.41, 5.74) is 1.63. The van der Waals surface area contributed by atoms with Crippen LogP contribution < -0.4 is 4.72 Å². The number of benzene rings is 1. The fourth-order valence-electron chi connectivity index (χ4n) is 4.46. The number of halogens is 2. The minimum Gasteiger partial charge on any atom is -0.341 e. The highest BCUT2D eigenvalue weighted by Gasteiger charge is 2.47. The molecule has 0 unspecified atom stereocenters. The van der Waals surface area contributed by atoms with Crippen LogP contribution in [0.15, 0.2) is 30.5 Å². The molecule has 1 aromatic carbocycles. The Morgan fingerprint density at radius 1 is 1.26 bits per heavy atom. The molecule has 2 aliphatic rings. The fraction of sp³-hybridized carbons (Fsp3) is 0.455. The molecule has 6 nitrogen and oxygen atoms in total. The van der Waals surface area contributed by atoms with Crippen LogP contribution in [0.5, 0.6) is 0 Å². The Labute approximate surface area is 180 Å². The molecule has 1 aliphatic carbocycles. The lowest BCUT2D eigenvalue weighted by Crippen LogP contribution is -2.49. The van der Waals surface area contributed by atoms with E-state index in [-0.39, 0.29) is 29.3 Å².